The Bertz CT molecular complexity index is 176. The SMILES string of the molecule is [CH2]CCCCCCC/C=C/C/C=C/CCCC. The smallest absolute Gasteiger partial charge is 0.0169 e. The number of hydrogen-bond donors (Lipinski definition) is 0. The minimum atomic E-state index is 1.10. The molecule has 0 amide bonds. The van der Waals surface area contributed by atoms with E-state index < -0.39 is 0 Å². The Hall–Kier alpha value is -0.520. The summed E-state index contributed by atoms with van der Waals surface area (Å²) < 4.78 is 0. The predicted octanol–water partition coefficient (Wildman–Crippen LogP) is 6.24. The first-order chi connectivity index (χ1) is 8.41. The van der Waals surface area contributed by atoms with Crippen LogP contribution in [0.2, 0.25) is 0 Å². The number of allylic oxidation sites excluding steroid dienone is 4. The molecule has 0 aliphatic rings. The van der Waals surface area contributed by atoms with Crippen LogP contribution in [0.5, 0.6) is 0 Å². The minimum absolute atomic E-state index is 1.10. The summed E-state index contributed by atoms with van der Waals surface area (Å²) >= 11 is 0. The van der Waals surface area contributed by atoms with Crippen molar-refractivity contribution in [1.29, 1.82) is 0 Å². The van der Waals surface area contributed by atoms with Crippen LogP contribution in [-0.4, -0.2) is 0 Å². The van der Waals surface area contributed by atoms with Gasteiger partial charge < -0.3 is 0 Å². The molecule has 0 nitrogen and oxygen atoms in total. The van der Waals surface area contributed by atoms with E-state index in [-0.39, 0.29) is 0 Å². The molecule has 0 rings (SSSR count). The van der Waals surface area contributed by atoms with Gasteiger partial charge in [-0.2, -0.15) is 0 Å². The van der Waals surface area contributed by atoms with Crippen molar-refractivity contribution >= 4 is 0 Å². The van der Waals surface area contributed by atoms with Gasteiger partial charge in [0.25, 0.3) is 0 Å². The van der Waals surface area contributed by atoms with E-state index in [4.69, 9.17) is 0 Å². The molecule has 99 valence electrons. The van der Waals surface area contributed by atoms with Gasteiger partial charge in [0.15, 0.2) is 0 Å². The highest BCUT2D eigenvalue weighted by atomic mass is 13.9. The summed E-state index contributed by atoms with van der Waals surface area (Å²) in [4.78, 5) is 0. The first kappa shape index (κ1) is 16.5. The number of hydrogen-bond acceptors (Lipinski definition) is 0. The van der Waals surface area contributed by atoms with Crippen LogP contribution >= 0.6 is 0 Å². The fourth-order valence-corrected chi connectivity index (χ4v) is 1.80. The molecule has 0 aromatic carbocycles. The molecule has 0 bridgehead atoms. The second kappa shape index (κ2) is 15.5. The van der Waals surface area contributed by atoms with E-state index in [2.05, 4.69) is 38.2 Å². The maximum absolute atomic E-state index is 3.86. The lowest BCUT2D eigenvalue weighted by Crippen LogP contribution is -1.77. The molecule has 0 atom stereocenters. The standard InChI is InChI=1S/C17H31/c1-3-5-7-9-11-13-15-17-16-14-12-10-8-6-4-2/h10,12,16-17H,1,3-9,11,13-15H2,2H3/b12-10+,17-16+. The second-order valence-corrected chi connectivity index (χ2v) is 4.73. The Labute approximate surface area is 109 Å². The number of unbranched alkanes of at least 4 members (excludes halogenated alkanes) is 8. The van der Waals surface area contributed by atoms with Gasteiger partial charge in [-0.15, -0.1) is 0 Å². The van der Waals surface area contributed by atoms with E-state index in [0.717, 1.165) is 12.8 Å². The maximum atomic E-state index is 3.86. The zero-order valence-corrected chi connectivity index (χ0v) is 11.8. The zero-order chi connectivity index (χ0) is 12.6. The lowest BCUT2D eigenvalue weighted by atomic mass is 10.1. The van der Waals surface area contributed by atoms with Gasteiger partial charge in [-0.05, 0) is 25.7 Å². The topological polar surface area (TPSA) is 0 Å². The fourth-order valence-electron chi connectivity index (χ4n) is 1.80. The molecule has 0 aromatic rings. The van der Waals surface area contributed by atoms with Gasteiger partial charge in [0.1, 0.15) is 0 Å². The van der Waals surface area contributed by atoms with Crippen molar-refractivity contribution < 1.29 is 0 Å². The summed E-state index contributed by atoms with van der Waals surface area (Å²) in [7, 11) is 0. The highest BCUT2D eigenvalue weighted by molar-refractivity contribution is 4.92. The fraction of sp³-hybridized carbons (Fsp3) is 0.706. The van der Waals surface area contributed by atoms with Crippen molar-refractivity contribution in [2.24, 2.45) is 0 Å². The van der Waals surface area contributed by atoms with Crippen molar-refractivity contribution in [1.82, 2.24) is 0 Å². The van der Waals surface area contributed by atoms with Crippen molar-refractivity contribution in [3.8, 4) is 0 Å². The summed E-state index contributed by atoms with van der Waals surface area (Å²) in [6.07, 6.45) is 23.4. The van der Waals surface area contributed by atoms with Gasteiger partial charge in [-0.1, -0.05) is 83.1 Å². The molecule has 0 fully saturated rings. The molecular weight excluding hydrogens is 204 g/mol. The Balaban J connectivity index is 3.11. The van der Waals surface area contributed by atoms with Crippen LogP contribution in [0, 0.1) is 6.92 Å². The van der Waals surface area contributed by atoms with Gasteiger partial charge in [0, 0.05) is 0 Å². The Morgan fingerprint density at radius 1 is 0.706 bits per heavy atom. The maximum Gasteiger partial charge on any atom is -0.0169 e. The van der Waals surface area contributed by atoms with Crippen molar-refractivity contribution in [3.63, 3.8) is 0 Å². The molecule has 0 heterocycles. The van der Waals surface area contributed by atoms with Crippen LogP contribution in [0.25, 0.3) is 0 Å². The van der Waals surface area contributed by atoms with E-state index in [9.17, 15) is 0 Å². The van der Waals surface area contributed by atoms with Crippen LogP contribution in [0.3, 0.4) is 0 Å². The predicted molar refractivity (Wildman–Crippen MR) is 80.1 cm³/mol. The Kier molecular flexibility index (Phi) is 15.0. The molecule has 0 N–H and O–H groups in total. The Morgan fingerprint density at radius 3 is 1.94 bits per heavy atom. The van der Waals surface area contributed by atoms with Crippen LogP contribution in [-0.2, 0) is 0 Å². The molecular formula is C17H31. The summed E-state index contributed by atoms with van der Waals surface area (Å²) in [5.74, 6) is 0. The molecule has 0 saturated carbocycles. The van der Waals surface area contributed by atoms with E-state index in [1.54, 1.807) is 0 Å². The normalized spacial score (nSPS) is 11.9. The second-order valence-electron chi connectivity index (χ2n) is 4.73. The van der Waals surface area contributed by atoms with E-state index in [1.165, 1.54) is 57.8 Å². The van der Waals surface area contributed by atoms with Gasteiger partial charge >= 0.3 is 0 Å². The van der Waals surface area contributed by atoms with Crippen LogP contribution in [0.4, 0.5) is 0 Å². The van der Waals surface area contributed by atoms with Crippen LogP contribution in [0.15, 0.2) is 24.3 Å². The quantitative estimate of drug-likeness (QED) is 0.277. The molecule has 0 aliphatic carbocycles. The summed E-state index contributed by atoms with van der Waals surface area (Å²) in [6.45, 7) is 6.10. The van der Waals surface area contributed by atoms with Gasteiger partial charge in [0.05, 0.1) is 0 Å². The van der Waals surface area contributed by atoms with Gasteiger partial charge in [0.2, 0.25) is 0 Å². The van der Waals surface area contributed by atoms with Crippen LogP contribution in [0.1, 0.15) is 77.6 Å². The summed E-state index contributed by atoms with van der Waals surface area (Å²) in [5, 5.41) is 0. The van der Waals surface area contributed by atoms with Crippen LogP contribution < -0.4 is 0 Å². The lowest BCUT2D eigenvalue weighted by molar-refractivity contribution is 0.621. The minimum Gasteiger partial charge on any atom is -0.0882 e. The third kappa shape index (κ3) is 15.5. The van der Waals surface area contributed by atoms with E-state index >= 15 is 0 Å². The molecule has 0 aliphatic heterocycles. The third-order valence-electron chi connectivity index (χ3n) is 2.95. The van der Waals surface area contributed by atoms with Gasteiger partial charge in [-0.25, -0.2) is 0 Å². The van der Waals surface area contributed by atoms with E-state index in [0.29, 0.717) is 0 Å². The molecule has 0 heteroatoms. The van der Waals surface area contributed by atoms with Crippen molar-refractivity contribution in [2.45, 2.75) is 77.6 Å². The molecule has 0 saturated heterocycles. The lowest BCUT2D eigenvalue weighted by Gasteiger charge is -1.97. The zero-order valence-electron chi connectivity index (χ0n) is 11.8. The summed E-state index contributed by atoms with van der Waals surface area (Å²) in [5.41, 5.74) is 0. The summed E-state index contributed by atoms with van der Waals surface area (Å²) in [6, 6.07) is 0. The molecule has 0 spiro atoms. The van der Waals surface area contributed by atoms with E-state index in [1.807, 2.05) is 0 Å². The molecule has 0 aromatic heterocycles. The van der Waals surface area contributed by atoms with Crippen molar-refractivity contribution in [3.05, 3.63) is 31.2 Å². The molecule has 0 unspecified atom stereocenters. The molecule has 17 heavy (non-hydrogen) atoms. The monoisotopic (exact) mass is 235 g/mol. The van der Waals surface area contributed by atoms with Crippen molar-refractivity contribution in [2.75, 3.05) is 0 Å². The highest BCUT2D eigenvalue weighted by Crippen LogP contribution is 2.07. The first-order valence-electron chi connectivity index (χ1n) is 7.51. The number of rotatable bonds is 12. The average molecular weight is 235 g/mol. The largest absolute Gasteiger partial charge is 0.0882 e. The highest BCUT2D eigenvalue weighted by Gasteiger charge is 1.87. The Morgan fingerprint density at radius 2 is 1.29 bits per heavy atom. The van der Waals surface area contributed by atoms with Gasteiger partial charge in [-0.3, -0.25) is 0 Å². The average Bonchev–Trinajstić information content (AvgIpc) is 2.35. The first-order valence-corrected chi connectivity index (χ1v) is 7.51. The molecule has 1 radical (unpaired) electrons. The third-order valence-corrected chi connectivity index (χ3v) is 2.95.